The van der Waals surface area contributed by atoms with Crippen molar-refractivity contribution in [3.05, 3.63) is 18.0 Å². The average molecular weight is 125 g/mol. The van der Waals surface area contributed by atoms with Gasteiger partial charge in [-0.05, 0) is 12.0 Å². The van der Waals surface area contributed by atoms with Crippen LogP contribution in [0.25, 0.3) is 0 Å². The van der Waals surface area contributed by atoms with Crippen LogP contribution in [-0.2, 0) is 6.42 Å². The maximum atomic E-state index is 4.01. The molecule has 3 nitrogen and oxygen atoms in total. The van der Waals surface area contributed by atoms with Crippen molar-refractivity contribution >= 4 is 0 Å². The van der Waals surface area contributed by atoms with Crippen LogP contribution in [0.2, 0.25) is 0 Å². The SMILES string of the molecule is CCc1cnn(NC)c1. The molecule has 0 saturated carbocycles. The van der Waals surface area contributed by atoms with Crippen LogP contribution < -0.4 is 5.43 Å². The molecule has 0 fully saturated rings. The molecule has 0 radical (unpaired) electrons. The van der Waals surface area contributed by atoms with Crippen molar-refractivity contribution in [3.8, 4) is 0 Å². The van der Waals surface area contributed by atoms with Crippen molar-refractivity contribution < 1.29 is 0 Å². The fourth-order valence-corrected chi connectivity index (χ4v) is 0.665. The Hall–Kier alpha value is -0.990. The average Bonchev–Trinajstić information content (AvgIpc) is 2.34. The monoisotopic (exact) mass is 125 g/mol. The molecule has 1 rings (SSSR count). The van der Waals surface area contributed by atoms with Gasteiger partial charge in [-0.3, -0.25) is 0 Å². The molecule has 0 aliphatic carbocycles. The molecule has 0 bridgehead atoms. The number of nitrogens with one attached hydrogen (secondary N) is 1. The zero-order valence-electron chi connectivity index (χ0n) is 5.76. The predicted octanol–water partition coefficient (Wildman–Crippen LogP) is 0.619. The zero-order valence-corrected chi connectivity index (χ0v) is 5.76. The third-order valence-corrected chi connectivity index (χ3v) is 1.27. The number of nitrogens with zero attached hydrogens (tertiary/aromatic N) is 2. The number of aromatic nitrogens is 2. The van der Waals surface area contributed by atoms with Gasteiger partial charge < -0.3 is 5.43 Å². The number of hydrogen-bond acceptors (Lipinski definition) is 2. The van der Waals surface area contributed by atoms with Crippen LogP contribution in [0.15, 0.2) is 12.4 Å². The first kappa shape index (κ1) is 6.13. The van der Waals surface area contributed by atoms with Crippen LogP contribution in [0.3, 0.4) is 0 Å². The summed E-state index contributed by atoms with van der Waals surface area (Å²) in [7, 11) is 1.84. The van der Waals surface area contributed by atoms with E-state index in [1.54, 1.807) is 4.79 Å². The van der Waals surface area contributed by atoms with Crippen molar-refractivity contribution in [1.29, 1.82) is 0 Å². The number of rotatable bonds is 2. The van der Waals surface area contributed by atoms with Crippen LogP contribution in [-0.4, -0.2) is 16.9 Å². The second-order valence-corrected chi connectivity index (χ2v) is 1.87. The molecule has 0 aromatic carbocycles. The second-order valence-electron chi connectivity index (χ2n) is 1.87. The van der Waals surface area contributed by atoms with Gasteiger partial charge in [0.25, 0.3) is 0 Å². The number of aryl methyl sites for hydroxylation is 1. The topological polar surface area (TPSA) is 29.9 Å². The summed E-state index contributed by atoms with van der Waals surface area (Å²) in [5.74, 6) is 0. The number of hydrogen-bond donors (Lipinski definition) is 1. The first-order valence-corrected chi connectivity index (χ1v) is 3.08. The minimum absolute atomic E-state index is 1.04. The fourth-order valence-electron chi connectivity index (χ4n) is 0.665. The quantitative estimate of drug-likeness (QED) is 0.628. The Morgan fingerprint density at radius 2 is 2.56 bits per heavy atom. The summed E-state index contributed by atoms with van der Waals surface area (Å²) < 4.78 is 0. The van der Waals surface area contributed by atoms with Gasteiger partial charge in [-0.25, -0.2) is 0 Å². The Morgan fingerprint density at radius 3 is 2.89 bits per heavy atom. The van der Waals surface area contributed by atoms with Crippen molar-refractivity contribution in [1.82, 2.24) is 9.89 Å². The highest BCUT2D eigenvalue weighted by Gasteiger charge is 1.90. The summed E-state index contributed by atoms with van der Waals surface area (Å²) in [5, 5.41) is 4.01. The molecular weight excluding hydrogens is 114 g/mol. The van der Waals surface area contributed by atoms with Crippen molar-refractivity contribution in [2.45, 2.75) is 13.3 Å². The molecule has 0 aliphatic rings. The Morgan fingerprint density at radius 1 is 1.78 bits per heavy atom. The molecule has 1 aromatic rings. The van der Waals surface area contributed by atoms with E-state index in [9.17, 15) is 0 Å². The molecule has 1 N–H and O–H groups in total. The summed E-state index contributed by atoms with van der Waals surface area (Å²) in [4.78, 5) is 1.69. The summed E-state index contributed by atoms with van der Waals surface area (Å²) >= 11 is 0. The lowest BCUT2D eigenvalue weighted by Gasteiger charge is -1.93. The van der Waals surface area contributed by atoms with Crippen LogP contribution in [0.5, 0.6) is 0 Å². The molecular formula is C6H11N3. The molecule has 3 heteroatoms. The summed E-state index contributed by atoms with van der Waals surface area (Å²) in [5.41, 5.74) is 4.14. The maximum absolute atomic E-state index is 4.01. The van der Waals surface area contributed by atoms with Crippen LogP contribution in [0, 0.1) is 0 Å². The lowest BCUT2D eigenvalue weighted by atomic mass is 10.3. The highest BCUT2D eigenvalue weighted by molar-refractivity contribution is 5.03. The van der Waals surface area contributed by atoms with Gasteiger partial charge in [0.1, 0.15) is 0 Å². The third-order valence-electron chi connectivity index (χ3n) is 1.27. The lowest BCUT2D eigenvalue weighted by Crippen LogP contribution is -2.08. The van der Waals surface area contributed by atoms with Gasteiger partial charge in [-0.1, -0.05) is 6.92 Å². The molecule has 9 heavy (non-hydrogen) atoms. The van der Waals surface area contributed by atoms with Crippen molar-refractivity contribution in [2.24, 2.45) is 0 Å². The van der Waals surface area contributed by atoms with Crippen LogP contribution in [0.1, 0.15) is 12.5 Å². The van der Waals surface area contributed by atoms with Gasteiger partial charge in [-0.2, -0.15) is 9.89 Å². The van der Waals surface area contributed by atoms with Crippen molar-refractivity contribution in [2.75, 3.05) is 12.5 Å². The third kappa shape index (κ3) is 1.22. The van der Waals surface area contributed by atoms with E-state index in [0.717, 1.165) is 6.42 Å². The van der Waals surface area contributed by atoms with Gasteiger partial charge in [0.15, 0.2) is 0 Å². The van der Waals surface area contributed by atoms with E-state index in [-0.39, 0.29) is 0 Å². The normalized spacial score (nSPS) is 9.56. The summed E-state index contributed by atoms with van der Waals surface area (Å²) in [6.45, 7) is 2.11. The molecule has 0 spiro atoms. The predicted molar refractivity (Wildman–Crippen MR) is 36.9 cm³/mol. The molecule has 1 heterocycles. The summed E-state index contributed by atoms with van der Waals surface area (Å²) in [6, 6.07) is 0. The molecule has 0 saturated heterocycles. The van der Waals surface area contributed by atoms with E-state index >= 15 is 0 Å². The van der Waals surface area contributed by atoms with E-state index in [1.165, 1.54) is 5.56 Å². The lowest BCUT2D eigenvalue weighted by molar-refractivity contribution is 0.781. The van der Waals surface area contributed by atoms with Gasteiger partial charge >= 0.3 is 0 Å². The minimum Gasteiger partial charge on any atom is -0.313 e. The first-order valence-electron chi connectivity index (χ1n) is 3.08. The Balaban J connectivity index is 2.74. The van der Waals surface area contributed by atoms with Crippen molar-refractivity contribution in [3.63, 3.8) is 0 Å². The first-order chi connectivity index (χ1) is 4.36. The standard InChI is InChI=1S/C6H11N3/c1-3-6-4-8-9(5-6)7-2/h4-5,7H,3H2,1-2H3. The molecule has 50 valence electrons. The molecule has 1 aromatic heterocycles. The van der Waals surface area contributed by atoms with E-state index in [2.05, 4.69) is 17.4 Å². The van der Waals surface area contributed by atoms with Gasteiger partial charge in [0, 0.05) is 7.05 Å². The van der Waals surface area contributed by atoms with E-state index in [1.807, 2.05) is 19.4 Å². The highest BCUT2D eigenvalue weighted by atomic mass is 15.5. The molecule has 0 aliphatic heterocycles. The zero-order chi connectivity index (χ0) is 6.69. The van der Waals surface area contributed by atoms with Gasteiger partial charge in [0.2, 0.25) is 0 Å². The van der Waals surface area contributed by atoms with Crippen LogP contribution in [0.4, 0.5) is 0 Å². The second kappa shape index (κ2) is 2.53. The Labute approximate surface area is 54.7 Å². The molecule has 0 atom stereocenters. The fraction of sp³-hybridized carbons (Fsp3) is 0.500. The smallest absolute Gasteiger partial charge is 0.0542 e. The van der Waals surface area contributed by atoms with Gasteiger partial charge in [0.05, 0.1) is 12.4 Å². The van der Waals surface area contributed by atoms with E-state index in [4.69, 9.17) is 0 Å². The Bertz CT molecular complexity index is 162. The highest BCUT2D eigenvalue weighted by Crippen LogP contribution is 1.94. The van der Waals surface area contributed by atoms with E-state index in [0.29, 0.717) is 0 Å². The van der Waals surface area contributed by atoms with Gasteiger partial charge in [-0.15, -0.1) is 0 Å². The molecule has 0 amide bonds. The largest absolute Gasteiger partial charge is 0.313 e. The maximum Gasteiger partial charge on any atom is 0.0542 e. The molecule has 0 unspecified atom stereocenters. The minimum atomic E-state index is 1.04. The van der Waals surface area contributed by atoms with E-state index < -0.39 is 0 Å². The van der Waals surface area contributed by atoms with Crippen LogP contribution >= 0.6 is 0 Å². The Kier molecular flexibility index (Phi) is 1.72. The summed E-state index contributed by atoms with van der Waals surface area (Å²) in [6.07, 6.45) is 4.87.